The minimum absolute atomic E-state index is 0.165. The van der Waals surface area contributed by atoms with Crippen LogP contribution in [0, 0.1) is 0 Å². The minimum atomic E-state index is -0.165. The van der Waals surface area contributed by atoms with Crippen LogP contribution in [0.4, 0.5) is 11.4 Å². The number of rotatable bonds is 4. The fourth-order valence-electron chi connectivity index (χ4n) is 2.25. The average molecular weight is 250 g/mol. The van der Waals surface area contributed by atoms with E-state index in [1.54, 1.807) is 0 Å². The van der Waals surface area contributed by atoms with Gasteiger partial charge in [0.2, 0.25) is 0 Å². The first kappa shape index (κ1) is 13.0. The van der Waals surface area contributed by atoms with Crippen molar-refractivity contribution in [1.82, 2.24) is 0 Å². The van der Waals surface area contributed by atoms with Gasteiger partial charge in [0.1, 0.15) is 5.75 Å². The number of ether oxygens (including phenoxy) is 1. The molecule has 1 saturated heterocycles. The lowest BCUT2D eigenvalue weighted by atomic mass is 10.1. The number of hydrogen-bond acceptors (Lipinski definition) is 4. The van der Waals surface area contributed by atoms with Gasteiger partial charge >= 0.3 is 0 Å². The van der Waals surface area contributed by atoms with Gasteiger partial charge < -0.3 is 20.5 Å². The SMILES string of the molecule is CCCOc1cccc(N2CCC(O)CC2)c1N. The zero-order chi connectivity index (χ0) is 13.0. The average Bonchev–Trinajstić information content (AvgIpc) is 2.39. The maximum atomic E-state index is 9.53. The van der Waals surface area contributed by atoms with Gasteiger partial charge in [-0.05, 0) is 31.4 Å². The molecule has 3 N–H and O–H groups in total. The lowest BCUT2D eigenvalue weighted by molar-refractivity contribution is 0.145. The maximum Gasteiger partial charge on any atom is 0.144 e. The van der Waals surface area contributed by atoms with Crippen molar-refractivity contribution in [2.45, 2.75) is 32.3 Å². The highest BCUT2D eigenvalue weighted by Crippen LogP contribution is 2.33. The summed E-state index contributed by atoms with van der Waals surface area (Å²) in [5.74, 6) is 0.764. The molecule has 1 heterocycles. The van der Waals surface area contributed by atoms with Crippen molar-refractivity contribution in [1.29, 1.82) is 0 Å². The van der Waals surface area contributed by atoms with Crippen LogP contribution in [0.1, 0.15) is 26.2 Å². The van der Waals surface area contributed by atoms with Gasteiger partial charge in [-0.1, -0.05) is 13.0 Å². The van der Waals surface area contributed by atoms with E-state index in [4.69, 9.17) is 10.5 Å². The quantitative estimate of drug-likeness (QED) is 0.803. The van der Waals surface area contributed by atoms with Gasteiger partial charge in [0.05, 0.1) is 24.1 Å². The molecule has 4 nitrogen and oxygen atoms in total. The molecule has 0 aliphatic carbocycles. The highest BCUT2D eigenvalue weighted by Gasteiger charge is 2.19. The Kier molecular flexibility index (Phi) is 4.31. The molecule has 4 heteroatoms. The first-order chi connectivity index (χ1) is 8.72. The van der Waals surface area contributed by atoms with Crippen molar-refractivity contribution in [3.05, 3.63) is 18.2 Å². The van der Waals surface area contributed by atoms with Gasteiger partial charge in [-0.2, -0.15) is 0 Å². The number of nitrogen functional groups attached to an aromatic ring is 1. The Morgan fingerprint density at radius 3 is 2.78 bits per heavy atom. The zero-order valence-electron chi connectivity index (χ0n) is 10.9. The number of nitrogens with zero attached hydrogens (tertiary/aromatic N) is 1. The summed E-state index contributed by atoms with van der Waals surface area (Å²) in [5.41, 5.74) is 7.89. The number of hydrogen-bond donors (Lipinski definition) is 2. The first-order valence-corrected chi connectivity index (χ1v) is 6.66. The molecule has 100 valence electrons. The number of piperidine rings is 1. The van der Waals surface area contributed by atoms with Crippen LogP contribution in [0.2, 0.25) is 0 Å². The van der Waals surface area contributed by atoms with Crippen LogP contribution in [0.15, 0.2) is 18.2 Å². The minimum Gasteiger partial charge on any atom is -0.491 e. The van der Waals surface area contributed by atoms with E-state index in [1.807, 2.05) is 18.2 Å². The Hall–Kier alpha value is -1.42. The van der Waals surface area contributed by atoms with Crippen molar-refractivity contribution >= 4 is 11.4 Å². The van der Waals surface area contributed by atoms with E-state index in [1.165, 1.54) is 0 Å². The van der Waals surface area contributed by atoms with E-state index < -0.39 is 0 Å². The van der Waals surface area contributed by atoms with Crippen molar-refractivity contribution < 1.29 is 9.84 Å². The zero-order valence-corrected chi connectivity index (χ0v) is 10.9. The number of nitrogens with two attached hydrogens (primary N) is 1. The second-order valence-electron chi connectivity index (χ2n) is 4.76. The van der Waals surface area contributed by atoms with Crippen molar-refractivity contribution in [2.24, 2.45) is 0 Å². The third kappa shape index (κ3) is 2.88. The van der Waals surface area contributed by atoms with Crippen LogP contribution >= 0.6 is 0 Å². The lowest BCUT2D eigenvalue weighted by Gasteiger charge is -2.32. The molecule has 1 aliphatic rings. The lowest BCUT2D eigenvalue weighted by Crippen LogP contribution is -2.36. The van der Waals surface area contributed by atoms with Crippen LogP contribution in [0.5, 0.6) is 5.75 Å². The third-order valence-corrected chi connectivity index (χ3v) is 3.31. The van der Waals surface area contributed by atoms with Crippen LogP contribution in [0.25, 0.3) is 0 Å². The number of anilines is 2. The molecule has 1 aromatic rings. The normalized spacial score (nSPS) is 16.9. The van der Waals surface area contributed by atoms with Crippen molar-refractivity contribution in [3.8, 4) is 5.75 Å². The first-order valence-electron chi connectivity index (χ1n) is 6.66. The maximum absolute atomic E-state index is 9.53. The van der Waals surface area contributed by atoms with E-state index in [2.05, 4.69) is 11.8 Å². The molecular formula is C14H22N2O2. The molecule has 0 atom stereocenters. The van der Waals surface area contributed by atoms with E-state index in [0.29, 0.717) is 12.3 Å². The fraction of sp³-hybridized carbons (Fsp3) is 0.571. The molecule has 1 fully saturated rings. The Labute approximate surface area is 108 Å². The Morgan fingerprint density at radius 1 is 1.39 bits per heavy atom. The number of benzene rings is 1. The number of para-hydroxylation sites is 1. The van der Waals surface area contributed by atoms with Crippen LogP contribution in [-0.4, -0.2) is 30.9 Å². The van der Waals surface area contributed by atoms with E-state index in [9.17, 15) is 5.11 Å². The standard InChI is InChI=1S/C14H22N2O2/c1-2-10-18-13-5-3-4-12(14(13)15)16-8-6-11(17)7-9-16/h3-5,11,17H,2,6-10,15H2,1H3. The van der Waals surface area contributed by atoms with Gasteiger partial charge in [0.25, 0.3) is 0 Å². The summed E-state index contributed by atoms with van der Waals surface area (Å²) in [6.45, 7) is 4.46. The highest BCUT2D eigenvalue weighted by molar-refractivity contribution is 5.74. The van der Waals surface area contributed by atoms with Gasteiger partial charge in [0.15, 0.2) is 0 Å². The molecule has 1 aliphatic heterocycles. The second-order valence-corrected chi connectivity index (χ2v) is 4.76. The van der Waals surface area contributed by atoms with Gasteiger partial charge in [-0.25, -0.2) is 0 Å². The van der Waals surface area contributed by atoms with E-state index >= 15 is 0 Å². The summed E-state index contributed by atoms with van der Waals surface area (Å²) in [6.07, 6.45) is 2.42. The van der Waals surface area contributed by atoms with E-state index in [0.717, 1.165) is 43.8 Å². The molecule has 0 saturated carbocycles. The molecule has 0 bridgehead atoms. The van der Waals surface area contributed by atoms with Gasteiger partial charge in [0, 0.05) is 13.1 Å². The van der Waals surface area contributed by atoms with Crippen molar-refractivity contribution in [3.63, 3.8) is 0 Å². The van der Waals surface area contributed by atoms with Crippen molar-refractivity contribution in [2.75, 3.05) is 30.3 Å². The number of aliphatic hydroxyl groups is 1. The molecule has 2 rings (SSSR count). The molecule has 0 unspecified atom stereocenters. The molecular weight excluding hydrogens is 228 g/mol. The summed E-state index contributed by atoms with van der Waals surface area (Å²) in [5, 5.41) is 9.53. The smallest absolute Gasteiger partial charge is 0.144 e. The van der Waals surface area contributed by atoms with Crippen LogP contribution in [0.3, 0.4) is 0 Å². The summed E-state index contributed by atoms with van der Waals surface area (Å²) >= 11 is 0. The highest BCUT2D eigenvalue weighted by atomic mass is 16.5. The van der Waals surface area contributed by atoms with Crippen LogP contribution in [-0.2, 0) is 0 Å². The summed E-state index contributed by atoms with van der Waals surface area (Å²) in [7, 11) is 0. The van der Waals surface area contributed by atoms with E-state index in [-0.39, 0.29) is 6.10 Å². The number of aliphatic hydroxyl groups excluding tert-OH is 1. The Bertz CT molecular complexity index is 387. The molecule has 0 amide bonds. The summed E-state index contributed by atoms with van der Waals surface area (Å²) in [6, 6.07) is 5.90. The third-order valence-electron chi connectivity index (χ3n) is 3.31. The van der Waals surface area contributed by atoms with Gasteiger partial charge in [-0.15, -0.1) is 0 Å². The summed E-state index contributed by atoms with van der Waals surface area (Å²) < 4.78 is 5.64. The molecule has 18 heavy (non-hydrogen) atoms. The monoisotopic (exact) mass is 250 g/mol. The predicted octanol–water partition coefficient (Wildman–Crippen LogP) is 2.02. The van der Waals surface area contributed by atoms with Gasteiger partial charge in [-0.3, -0.25) is 0 Å². The fourth-order valence-corrected chi connectivity index (χ4v) is 2.25. The topological polar surface area (TPSA) is 58.7 Å². The largest absolute Gasteiger partial charge is 0.491 e. The predicted molar refractivity (Wildman–Crippen MR) is 74.1 cm³/mol. The molecule has 0 spiro atoms. The summed E-state index contributed by atoms with van der Waals surface area (Å²) in [4.78, 5) is 2.22. The van der Waals surface area contributed by atoms with Crippen LogP contribution < -0.4 is 15.4 Å². The Morgan fingerprint density at radius 2 is 2.11 bits per heavy atom. The molecule has 0 radical (unpaired) electrons. The molecule has 1 aromatic carbocycles. The Balaban J connectivity index is 2.12. The second kappa shape index (κ2) is 5.96. The molecule has 0 aromatic heterocycles.